The highest BCUT2D eigenvalue weighted by Gasteiger charge is 2.18. The number of hydrogen-bond donors (Lipinski definition) is 1. The van der Waals surface area contributed by atoms with Crippen LogP contribution in [0.2, 0.25) is 0 Å². The van der Waals surface area contributed by atoms with Crippen LogP contribution in [0.1, 0.15) is 32.1 Å². The van der Waals surface area contributed by atoms with Crippen molar-refractivity contribution in [3.05, 3.63) is 6.42 Å². The Morgan fingerprint density at radius 3 is 3.00 bits per heavy atom. The zero-order valence-corrected chi connectivity index (χ0v) is 7.10. The molecule has 1 aliphatic rings. The summed E-state index contributed by atoms with van der Waals surface area (Å²) in [6.07, 6.45) is 8.05. The van der Waals surface area contributed by atoms with Gasteiger partial charge in [-0.25, -0.2) is 0 Å². The molecule has 1 rings (SSSR count). The molecule has 1 atom stereocenters. The third kappa shape index (κ3) is 2.52. The summed E-state index contributed by atoms with van der Waals surface area (Å²) in [7, 11) is 1.71. The lowest BCUT2D eigenvalue weighted by Crippen LogP contribution is -2.27. The van der Waals surface area contributed by atoms with Gasteiger partial charge in [0.15, 0.2) is 0 Å². The molecule has 2 heteroatoms. The Bertz CT molecular complexity index is 126. The van der Waals surface area contributed by atoms with Gasteiger partial charge in [-0.05, 0) is 19.3 Å². The molecule has 0 aromatic carbocycles. The Kier molecular flexibility index (Phi) is 3.40. The second kappa shape index (κ2) is 4.37. The minimum Gasteiger partial charge on any atom is -0.359 e. The highest BCUT2D eigenvalue weighted by Crippen LogP contribution is 2.21. The predicted molar refractivity (Wildman–Crippen MR) is 44.9 cm³/mol. The van der Waals surface area contributed by atoms with Crippen LogP contribution in [0.4, 0.5) is 0 Å². The first-order chi connectivity index (χ1) is 5.34. The fraction of sp³-hybridized carbons (Fsp3) is 0.778. The third-order valence-corrected chi connectivity index (χ3v) is 2.25. The maximum Gasteiger partial charge on any atom is 0.223 e. The van der Waals surface area contributed by atoms with Crippen LogP contribution in [0.5, 0.6) is 0 Å². The second-order valence-corrected chi connectivity index (χ2v) is 3.09. The fourth-order valence-corrected chi connectivity index (χ4v) is 1.55. The normalized spacial score (nSPS) is 20.8. The van der Waals surface area contributed by atoms with Gasteiger partial charge in [0, 0.05) is 13.0 Å². The van der Waals surface area contributed by atoms with Gasteiger partial charge < -0.3 is 5.32 Å². The second-order valence-electron chi connectivity index (χ2n) is 3.09. The molecule has 1 unspecified atom stereocenters. The molecule has 0 heterocycles. The fourth-order valence-electron chi connectivity index (χ4n) is 1.55. The van der Waals surface area contributed by atoms with E-state index >= 15 is 0 Å². The summed E-state index contributed by atoms with van der Waals surface area (Å²) in [4.78, 5) is 11.2. The maximum atomic E-state index is 11.2. The molecular weight excluding hydrogens is 138 g/mol. The Labute approximate surface area is 68.4 Å². The summed E-state index contributed by atoms with van der Waals surface area (Å²) < 4.78 is 0. The topological polar surface area (TPSA) is 29.1 Å². The van der Waals surface area contributed by atoms with Gasteiger partial charge >= 0.3 is 0 Å². The van der Waals surface area contributed by atoms with Crippen molar-refractivity contribution < 1.29 is 4.79 Å². The van der Waals surface area contributed by atoms with Crippen molar-refractivity contribution in [2.24, 2.45) is 5.92 Å². The van der Waals surface area contributed by atoms with Gasteiger partial charge in [-0.2, -0.15) is 0 Å². The molecule has 0 aliphatic heterocycles. The molecule has 1 radical (unpaired) electrons. The number of amides is 1. The Morgan fingerprint density at radius 1 is 1.45 bits per heavy atom. The molecule has 2 nitrogen and oxygen atoms in total. The van der Waals surface area contributed by atoms with Gasteiger partial charge in [0.1, 0.15) is 0 Å². The molecular formula is C9H16NO. The average molecular weight is 154 g/mol. The van der Waals surface area contributed by atoms with Gasteiger partial charge in [0.2, 0.25) is 5.91 Å². The molecule has 0 saturated heterocycles. The summed E-state index contributed by atoms with van der Waals surface area (Å²) in [5.41, 5.74) is 0. The van der Waals surface area contributed by atoms with Gasteiger partial charge in [0.05, 0.1) is 0 Å². The van der Waals surface area contributed by atoms with Crippen molar-refractivity contribution in [3.63, 3.8) is 0 Å². The molecule has 0 aromatic rings. The van der Waals surface area contributed by atoms with Crippen LogP contribution >= 0.6 is 0 Å². The summed E-state index contributed by atoms with van der Waals surface area (Å²) in [5, 5.41) is 2.69. The van der Waals surface area contributed by atoms with E-state index in [1.54, 1.807) is 7.05 Å². The molecule has 1 amide bonds. The molecule has 0 spiro atoms. The minimum absolute atomic E-state index is 0.183. The van der Waals surface area contributed by atoms with E-state index in [0.717, 1.165) is 12.8 Å². The first kappa shape index (κ1) is 8.57. The monoisotopic (exact) mass is 154 g/mol. The zero-order chi connectivity index (χ0) is 8.10. The number of nitrogens with one attached hydrogen (secondary N) is 1. The maximum absolute atomic E-state index is 11.2. The molecule has 1 N–H and O–H groups in total. The molecule has 11 heavy (non-hydrogen) atoms. The van der Waals surface area contributed by atoms with E-state index < -0.39 is 0 Å². The smallest absolute Gasteiger partial charge is 0.223 e. The van der Waals surface area contributed by atoms with E-state index in [9.17, 15) is 4.79 Å². The third-order valence-electron chi connectivity index (χ3n) is 2.25. The van der Waals surface area contributed by atoms with E-state index in [0.29, 0.717) is 0 Å². The van der Waals surface area contributed by atoms with Crippen LogP contribution in [0, 0.1) is 12.3 Å². The Hall–Kier alpha value is -0.530. The van der Waals surface area contributed by atoms with Crippen molar-refractivity contribution in [3.8, 4) is 0 Å². The van der Waals surface area contributed by atoms with Crippen molar-refractivity contribution >= 4 is 5.91 Å². The molecule has 63 valence electrons. The lowest BCUT2D eigenvalue weighted by atomic mass is 10.00. The van der Waals surface area contributed by atoms with E-state index in [-0.39, 0.29) is 11.8 Å². The molecule has 1 saturated carbocycles. The Balaban J connectivity index is 2.36. The predicted octanol–water partition coefficient (Wildman–Crippen LogP) is 1.52. The standard InChI is InChI=1S/C9H16NO/c1-10-9(11)8-6-4-2-3-5-7-8/h6,8H,2-5,7H2,1H3,(H,10,11). The van der Waals surface area contributed by atoms with Crippen LogP contribution in [0.15, 0.2) is 0 Å². The highest BCUT2D eigenvalue weighted by atomic mass is 16.1. The van der Waals surface area contributed by atoms with E-state index in [2.05, 4.69) is 11.7 Å². The number of carbonyl (C=O) groups excluding carboxylic acids is 1. The van der Waals surface area contributed by atoms with Crippen LogP contribution in [0.25, 0.3) is 0 Å². The molecule has 1 fully saturated rings. The molecule has 0 aromatic heterocycles. The van der Waals surface area contributed by atoms with Crippen molar-refractivity contribution in [1.29, 1.82) is 0 Å². The van der Waals surface area contributed by atoms with Crippen LogP contribution < -0.4 is 5.32 Å². The molecule has 0 bridgehead atoms. The lowest BCUT2D eigenvalue weighted by molar-refractivity contribution is -0.123. The first-order valence-corrected chi connectivity index (χ1v) is 4.39. The van der Waals surface area contributed by atoms with Gasteiger partial charge in [-0.1, -0.05) is 19.3 Å². The Morgan fingerprint density at radius 2 is 2.27 bits per heavy atom. The molecule has 1 aliphatic carbocycles. The summed E-state index contributed by atoms with van der Waals surface area (Å²) >= 11 is 0. The van der Waals surface area contributed by atoms with E-state index in [4.69, 9.17) is 0 Å². The SMILES string of the molecule is CNC(=O)C1[CH]CCCCC1. The van der Waals surface area contributed by atoms with E-state index in [1.165, 1.54) is 19.3 Å². The zero-order valence-electron chi connectivity index (χ0n) is 7.10. The largest absolute Gasteiger partial charge is 0.359 e. The van der Waals surface area contributed by atoms with Crippen LogP contribution in [0.3, 0.4) is 0 Å². The number of hydrogen-bond acceptors (Lipinski definition) is 1. The summed E-state index contributed by atoms with van der Waals surface area (Å²) in [5.74, 6) is 0.370. The van der Waals surface area contributed by atoms with Gasteiger partial charge in [-0.15, -0.1) is 0 Å². The van der Waals surface area contributed by atoms with Gasteiger partial charge in [0.25, 0.3) is 0 Å². The number of carbonyl (C=O) groups is 1. The van der Waals surface area contributed by atoms with Crippen molar-refractivity contribution in [2.75, 3.05) is 7.05 Å². The van der Waals surface area contributed by atoms with Gasteiger partial charge in [-0.3, -0.25) is 4.79 Å². The van der Waals surface area contributed by atoms with Crippen LogP contribution in [-0.2, 0) is 4.79 Å². The van der Waals surface area contributed by atoms with Crippen LogP contribution in [-0.4, -0.2) is 13.0 Å². The lowest BCUT2D eigenvalue weighted by Gasteiger charge is -2.10. The quantitative estimate of drug-likeness (QED) is 0.570. The first-order valence-electron chi connectivity index (χ1n) is 4.39. The average Bonchev–Trinajstić information content (AvgIpc) is 2.30. The van der Waals surface area contributed by atoms with Crippen molar-refractivity contribution in [1.82, 2.24) is 5.32 Å². The van der Waals surface area contributed by atoms with E-state index in [1.807, 2.05) is 0 Å². The highest BCUT2D eigenvalue weighted by molar-refractivity contribution is 5.79. The summed E-state index contributed by atoms with van der Waals surface area (Å²) in [6.45, 7) is 0. The minimum atomic E-state index is 0.183. The van der Waals surface area contributed by atoms with Crippen molar-refractivity contribution in [2.45, 2.75) is 32.1 Å². The summed E-state index contributed by atoms with van der Waals surface area (Å²) in [6, 6.07) is 0. The number of rotatable bonds is 1.